The van der Waals surface area contributed by atoms with Crippen molar-refractivity contribution in [3.05, 3.63) is 66.1 Å². The Labute approximate surface area is 143 Å². The molecule has 5 nitrogen and oxygen atoms in total. The summed E-state index contributed by atoms with van der Waals surface area (Å²) in [7, 11) is 0. The maximum atomic E-state index is 9.52. The van der Waals surface area contributed by atoms with Gasteiger partial charge in [0.05, 0.1) is 5.39 Å². The summed E-state index contributed by atoms with van der Waals surface area (Å²) < 4.78 is 1.93. The van der Waals surface area contributed by atoms with Crippen molar-refractivity contribution in [1.29, 1.82) is 0 Å². The minimum absolute atomic E-state index is 0.210. The van der Waals surface area contributed by atoms with E-state index in [2.05, 4.69) is 9.97 Å². The normalized spacial score (nSPS) is 11.0. The standard InChI is InChI=1S/C18H13ClN4O/c19-12-2-1-3-13(8-12)23-9-15(11-4-6-14(24)7-5-11)16-17(20)21-10-22-18(16)23/h1-10,24H,(H2,20,21,22). The van der Waals surface area contributed by atoms with Crippen molar-refractivity contribution in [3.8, 4) is 22.6 Å². The van der Waals surface area contributed by atoms with Crippen molar-refractivity contribution in [1.82, 2.24) is 14.5 Å². The lowest BCUT2D eigenvalue weighted by atomic mass is 10.1. The molecule has 6 heteroatoms. The Hall–Kier alpha value is -3.05. The van der Waals surface area contributed by atoms with Gasteiger partial charge in [-0.2, -0.15) is 0 Å². The molecule has 0 fully saturated rings. The maximum absolute atomic E-state index is 9.52. The molecule has 2 heterocycles. The second-order valence-electron chi connectivity index (χ2n) is 5.40. The van der Waals surface area contributed by atoms with Crippen LogP contribution in [-0.2, 0) is 0 Å². The first-order chi connectivity index (χ1) is 11.6. The van der Waals surface area contributed by atoms with Gasteiger partial charge in [0.25, 0.3) is 0 Å². The number of hydrogen-bond acceptors (Lipinski definition) is 4. The van der Waals surface area contributed by atoms with E-state index in [9.17, 15) is 5.11 Å². The fourth-order valence-corrected chi connectivity index (χ4v) is 2.95. The summed E-state index contributed by atoms with van der Waals surface area (Å²) in [4.78, 5) is 8.50. The molecule has 0 radical (unpaired) electrons. The molecule has 0 amide bonds. The lowest BCUT2D eigenvalue weighted by molar-refractivity contribution is 0.475. The SMILES string of the molecule is Nc1ncnc2c1c(-c1ccc(O)cc1)cn2-c1cccc(Cl)c1. The fraction of sp³-hybridized carbons (Fsp3) is 0. The summed E-state index contributed by atoms with van der Waals surface area (Å²) in [5.74, 6) is 0.616. The van der Waals surface area contributed by atoms with Crippen LogP contribution < -0.4 is 5.73 Å². The van der Waals surface area contributed by atoms with Crippen molar-refractivity contribution in [2.45, 2.75) is 0 Å². The topological polar surface area (TPSA) is 77.0 Å². The number of nitrogen functional groups attached to an aromatic ring is 1. The highest BCUT2D eigenvalue weighted by molar-refractivity contribution is 6.30. The summed E-state index contributed by atoms with van der Waals surface area (Å²) in [5, 5.41) is 10.9. The Bertz CT molecular complexity index is 1040. The van der Waals surface area contributed by atoms with Crippen molar-refractivity contribution in [3.63, 3.8) is 0 Å². The minimum atomic E-state index is 0.210. The average Bonchev–Trinajstić information content (AvgIpc) is 2.97. The largest absolute Gasteiger partial charge is 0.508 e. The van der Waals surface area contributed by atoms with Gasteiger partial charge >= 0.3 is 0 Å². The van der Waals surface area contributed by atoms with Crippen LogP contribution in [0.1, 0.15) is 0 Å². The highest BCUT2D eigenvalue weighted by Gasteiger charge is 2.16. The number of aromatic hydroxyl groups is 1. The van der Waals surface area contributed by atoms with Crippen molar-refractivity contribution < 1.29 is 5.11 Å². The molecule has 2 aromatic carbocycles. The van der Waals surface area contributed by atoms with Gasteiger partial charge in [0.15, 0.2) is 5.65 Å². The molecular weight excluding hydrogens is 324 g/mol. The van der Waals surface area contributed by atoms with Gasteiger partial charge in [-0.3, -0.25) is 0 Å². The molecule has 0 aliphatic heterocycles. The van der Waals surface area contributed by atoms with Gasteiger partial charge in [0.1, 0.15) is 17.9 Å². The molecule has 0 unspecified atom stereocenters. The van der Waals surface area contributed by atoms with Crippen LogP contribution >= 0.6 is 11.6 Å². The number of aromatic nitrogens is 3. The van der Waals surface area contributed by atoms with E-state index < -0.39 is 0 Å². The molecule has 4 aromatic rings. The van der Waals surface area contributed by atoms with Crippen LogP contribution in [-0.4, -0.2) is 19.6 Å². The van der Waals surface area contributed by atoms with E-state index in [0.717, 1.165) is 22.2 Å². The van der Waals surface area contributed by atoms with Gasteiger partial charge in [-0.05, 0) is 35.9 Å². The van der Waals surface area contributed by atoms with Gasteiger partial charge in [0.2, 0.25) is 0 Å². The number of hydrogen-bond donors (Lipinski definition) is 2. The second kappa shape index (κ2) is 5.54. The molecule has 3 N–H and O–H groups in total. The van der Waals surface area contributed by atoms with Crippen molar-refractivity contribution in [2.75, 3.05) is 5.73 Å². The van der Waals surface area contributed by atoms with Crippen molar-refractivity contribution >= 4 is 28.5 Å². The van der Waals surface area contributed by atoms with Crippen LogP contribution in [0.15, 0.2) is 61.1 Å². The number of fused-ring (bicyclic) bond motifs is 1. The number of phenols is 1. The number of rotatable bonds is 2. The van der Waals surface area contributed by atoms with Gasteiger partial charge in [-0.25, -0.2) is 9.97 Å². The van der Waals surface area contributed by atoms with Crippen LogP contribution in [0.3, 0.4) is 0 Å². The number of phenolic OH excluding ortho intramolecular Hbond substituents is 1. The minimum Gasteiger partial charge on any atom is -0.508 e. The summed E-state index contributed by atoms with van der Waals surface area (Å²) in [6.07, 6.45) is 3.40. The molecular formula is C18H13ClN4O. The van der Waals surface area contributed by atoms with Gasteiger partial charge in [0, 0.05) is 22.5 Å². The molecule has 0 atom stereocenters. The number of nitrogens with zero attached hydrogens (tertiary/aromatic N) is 3. The third kappa shape index (κ3) is 2.35. The van der Waals surface area contributed by atoms with Crippen LogP contribution in [0.25, 0.3) is 27.8 Å². The molecule has 0 saturated heterocycles. The Balaban J connectivity index is 2.03. The molecule has 2 aromatic heterocycles. The highest BCUT2D eigenvalue weighted by Crippen LogP contribution is 2.35. The third-order valence-corrected chi connectivity index (χ3v) is 4.11. The van der Waals surface area contributed by atoms with E-state index in [0.29, 0.717) is 16.5 Å². The quantitative estimate of drug-likeness (QED) is 0.579. The highest BCUT2D eigenvalue weighted by atomic mass is 35.5. The third-order valence-electron chi connectivity index (χ3n) is 3.88. The number of nitrogens with two attached hydrogens (primary N) is 1. The Morgan fingerprint density at radius 1 is 1.04 bits per heavy atom. The zero-order valence-electron chi connectivity index (χ0n) is 12.5. The lowest BCUT2D eigenvalue weighted by Gasteiger charge is -2.04. The molecule has 4 rings (SSSR count). The summed E-state index contributed by atoms with van der Waals surface area (Å²) in [6, 6.07) is 14.5. The molecule has 0 saturated carbocycles. The zero-order chi connectivity index (χ0) is 16.7. The lowest BCUT2D eigenvalue weighted by Crippen LogP contribution is -1.96. The van der Waals surface area contributed by atoms with Gasteiger partial charge in [-0.15, -0.1) is 0 Å². The number of anilines is 1. The first-order valence-electron chi connectivity index (χ1n) is 7.30. The van der Waals surface area contributed by atoms with Gasteiger partial charge in [-0.1, -0.05) is 29.8 Å². The summed E-state index contributed by atoms with van der Waals surface area (Å²) in [5.41, 5.74) is 9.50. The molecule has 0 aliphatic carbocycles. The van der Waals surface area contributed by atoms with Crippen LogP contribution in [0, 0.1) is 0 Å². The van der Waals surface area contributed by atoms with E-state index >= 15 is 0 Å². The fourth-order valence-electron chi connectivity index (χ4n) is 2.77. The van der Waals surface area contributed by atoms with Crippen LogP contribution in [0.4, 0.5) is 5.82 Å². The first-order valence-corrected chi connectivity index (χ1v) is 7.68. The molecule has 24 heavy (non-hydrogen) atoms. The van der Waals surface area contributed by atoms with E-state index in [1.165, 1.54) is 6.33 Å². The summed E-state index contributed by atoms with van der Waals surface area (Å²) >= 11 is 6.12. The van der Waals surface area contributed by atoms with E-state index in [1.807, 2.05) is 47.2 Å². The average molecular weight is 337 g/mol. The van der Waals surface area contributed by atoms with E-state index in [-0.39, 0.29) is 5.75 Å². The van der Waals surface area contributed by atoms with Crippen molar-refractivity contribution in [2.24, 2.45) is 0 Å². The van der Waals surface area contributed by atoms with Crippen LogP contribution in [0.5, 0.6) is 5.75 Å². The monoisotopic (exact) mass is 336 g/mol. The Morgan fingerprint density at radius 3 is 2.58 bits per heavy atom. The molecule has 0 spiro atoms. The molecule has 0 bridgehead atoms. The predicted molar refractivity (Wildman–Crippen MR) is 95.4 cm³/mol. The number of benzene rings is 2. The van der Waals surface area contributed by atoms with E-state index in [4.69, 9.17) is 17.3 Å². The molecule has 118 valence electrons. The molecule has 0 aliphatic rings. The number of halogens is 1. The second-order valence-corrected chi connectivity index (χ2v) is 5.83. The Kier molecular flexibility index (Phi) is 3.36. The Morgan fingerprint density at radius 2 is 1.83 bits per heavy atom. The smallest absolute Gasteiger partial charge is 0.150 e. The first kappa shape index (κ1) is 14.5. The van der Waals surface area contributed by atoms with Crippen LogP contribution in [0.2, 0.25) is 5.02 Å². The van der Waals surface area contributed by atoms with Gasteiger partial charge < -0.3 is 15.4 Å². The zero-order valence-corrected chi connectivity index (χ0v) is 13.3. The summed E-state index contributed by atoms with van der Waals surface area (Å²) in [6.45, 7) is 0. The predicted octanol–water partition coefficient (Wildman–Crippen LogP) is 4.03. The maximum Gasteiger partial charge on any atom is 0.150 e. The van der Waals surface area contributed by atoms with E-state index in [1.54, 1.807) is 12.1 Å².